The van der Waals surface area contributed by atoms with Crippen LogP contribution in [0.1, 0.15) is 74.6 Å². The molecule has 0 radical (unpaired) electrons. The normalized spacial score (nSPS) is 12.6. The first-order valence-corrected chi connectivity index (χ1v) is 11.0. The predicted molar refractivity (Wildman–Crippen MR) is 122 cm³/mol. The molecule has 0 spiro atoms. The lowest BCUT2D eigenvalue weighted by Crippen LogP contribution is -2.45. The molecule has 0 aliphatic heterocycles. The first-order chi connectivity index (χ1) is 14.6. The largest absolute Gasteiger partial charge is 0.508 e. The average Bonchev–Trinajstić information content (AvgIpc) is 3.19. The summed E-state index contributed by atoms with van der Waals surface area (Å²) < 4.78 is 6.78. The number of aromatic hydroxyl groups is 1. The summed E-state index contributed by atoms with van der Waals surface area (Å²) in [6.45, 7) is 12.5. The summed E-state index contributed by atoms with van der Waals surface area (Å²) in [5, 5.41) is 12.8. The molecule has 2 rings (SSSR count). The Morgan fingerprint density at radius 1 is 1.13 bits per heavy atom. The Balaban J connectivity index is 2.52. The number of aryl methyl sites for hydroxylation is 2. The Kier molecular flexibility index (Phi) is 7.93. The molecular formula is C25H36N2O4. The number of aromatic nitrogens is 1. The molecular weight excluding hydrogens is 392 g/mol. The van der Waals surface area contributed by atoms with E-state index in [0.29, 0.717) is 12.2 Å². The average molecular weight is 429 g/mol. The lowest BCUT2D eigenvalue weighted by molar-refractivity contribution is -0.144. The van der Waals surface area contributed by atoms with Gasteiger partial charge in [-0.2, -0.15) is 0 Å². The molecule has 0 aliphatic carbocycles. The van der Waals surface area contributed by atoms with Gasteiger partial charge in [0.05, 0.1) is 7.11 Å². The first-order valence-electron chi connectivity index (χ1n) is 11.0. The van der Waals surface area contributed by atoms with E-state index in [2.05, 4.69) is 19.2 Å². The number of hydrogen-bond acceptors (Lipinski definition) is 4. The van der Waals surface area contributed by atoms with E-state index in [9.17, 15) is 14.7 Å². The Hall–Kier alpha value is -2.76. The zero-order valence-electron chi connectivity index (χ0n) is 19.8. The van der Waals surface area contributed by atoms with Gasteiger partial charge in [-0.05, 0) is 61.4 Å². The molecule has 0 unspecified atom stereocenters. The van der Waals surface area contributed by atoms with Gasteiger partial charge in [-0.15, -0.1) is 0 Å². The van der Waals surface area contributed by atoms with Crippen molar-refractivity contribution in [3.8, 4) is 5.75 Å². The van der Waals surface area contributed by atoms with Crippen molar-refractivity contribution in [2.24, 2.45) is 5.92 Å². The maximum Gasteiger partial charge on any atom is 0.328 e. The SMILES string of the molecule is CCn1cc(C(CC)(CC)c2ccc(O)c(C)c2)cc1C(=O)N[C@H](C(=O)OC)C(C)C. The van der Waals surface area contributed by atoms with Crippen molar-refractivity contribution in [3.05, 3.63) is 52.8 Å². The molecule has 31 heavy (non-hydrogen) atoms. The minimum Gasteiger partial charge on any atom is -0.508 e. The van der Waals surface area contributed by atoms with Gasteiger partial charge in [-0.3, -0.25) is 4.79 Å². The molecule has 2 aromatic rings. The Labute approximate surface area is 185 Å². The van der Waals surface area contributed by atoms with Gasteiger partial charge in [-0.25, -0.2) is 4.79 Å². The second-order valence-electron chi connectivity index (χ2n) is 8.41. The number of nitrogens with one attached hydrogen (secondary N) is 1. The molecule has 170 valence electrons. The third-order valence-corrected chi connectivity index (χ3v) is 6.39. The smallest absolute Gasteiger partial charge is 0.328 e. The number of amides is 1. The van der Waals surface area contributed by atoms with Gasteiger partial charge in [0, 0.05) is 18.2 Å². The summed E-state index contributed by atoms with van der Waals surface area (Å²) in [4.78, 5) is 25.3. The van der Waals surface area contributed by atoms with Gasteiger partial charge in [-0.1, -0.05) is 39.8 Å². The van der Waals surface area contributed by atoms with Crippen LogP contribution in [0.2, 0.25) is 0 Å². The number of phenols is 1. The summed E-state index contributed by atoms with van der Waals surface area (Å²) in [5.74, 6) is -0.556. The van der Waals surface area contributed by atoms with Crippen LogP contribution in [-0.4, -0.2) is 34.7 Å². The van der Waals surface area contributed by atoms with Gasteiger partial charge >= 0.3 is 5.97 Å². The number of hydrogen-bond donors (Lipinski definition) is 2. The number of carbonyl (C=O) groups is 2. The lowest BCUT2D eigenvalue weighted by Gasteiger charge is -2.32. The highest BCUT2D eigenvalue weighted by atomic mass is 16.5. The molecule has 0 saturated carbocycles. The Morgan fingerprint density at radius 2 is 1.77 bits per heavy atom. The maximum atomic E-state index is 13.1. The fourth-order valence-electron chi connectivity index (χ4n) is 4.25. The molecule has 1 amide bonds. The van der Waals surface area contributed by atoms with E-state index < -0.39 is 12.0 Å². The first kappa shape index (κ1) is 24.5. The van der Waals surface area contributed by atoms with E-state index in [1.807, 2.05) is 56.7 Å². The number of carbonyl (C=O) groups excluding carboxylic acids is 2. The summed E-state index contributed by atoms with van der Waals surface area (Å²) in [5.41, 5.74) is 3.23. The molecule has 0 fully saturated rings. The van der Waals surface area contributed by atoms with E-state index in [1.165, 1.54) is 7.11 Å². The summed E-state index contributed by atoms with van der Waals surface area (Å²) in [7, 11) is 1.33. The zero-order chi connectivity index (χ0) is 23.3. The van der Waals surface area contributed by atoms with Crippen LogP contribution in [0, 0.1) is 12.8 Å². The minimum atomic E-state index is -0.706. The second-order valence-corrected chi connectivity index (χ2v) is 8.41. The van der Waals surface area contributed by atoms with E-state index in [-0.39, 0.29) is 23.0 Å². The third-order valence-electron chi connectivity index (χ3n) is 6.39. The number of methoxy groups -OCH3 is 1. The number of nitrogens with zero attached hydrogens (tertiary/aromatic N) is 1. The van der Waals surface area contributed by atoms with Crippen LogP contribution in [0.3, 0.4) is 0 Å². The summed E-state index contributed by atoms with van der Waals surface area (Å²) in [6.07, 6.45) is 3.73. The van der Waals surface area contributed by atoms with Gasteiger partial charge in [0.15, 0.2) is 0 Å². The van der Waals surface area contributed by atoms with Gasteiger partial charge < -0.3 is 19.7 Å². The zero-order valence-corrected chi connectivity index (χ0v) is 19.8. The molecule has 0 saturated heterocycles. The van der Waals surface area contributed by atoms with Crippen molar-refractivity contribution in [2.45, 2.75) is 72.4 Å². The molecule has 1 aromatic heterocycles. The predicted octanol–water partition coefficient (Wildman–Crippen LogP) is 4.56. The molecule has 0 aliphatic rings. The van der Waals surface area contributed by atoms with Crippen molar-refractivity contribution in [1.82, 2.24) is 9.88 Å². The molecule has 2 N–H and O–H groups in total. The van der Waals surface area contributed by atoms with Crippen LogP contribution in [0.25, 0.3) is 0 Å². The van der Waals surface area contributed by atoms with Crippen molar-refractivity contribution < 1.29 is 19.4 Å². The summed E-state index contributed by atoms with van der Waals surface area (Å²) >= 11 is 0. The van der Waals surface area contributed by atoms with Crippen molar-refractivity contribution >= 4 is 11.9 Å². The molecule has 6 nitrogen and oxygen atoms in total. The molecule has 1 heterocycles. The van der Waals surface area contributed by atoms with Crippen LogP contribution < -0.4 is 5.32 Å². The van der Waals surface area contributed by atoms with E-state index in [0.717, 1.165) is 29.5 Å². The summed E-state index contributed by atoms with van der Waals surface area (Å²) in [6, 6.07) is 6.95. The maximum absolute atomic E-state index is 13.1. The number of phenolic OH excluding ortho intramolecular Hbond substituents is 1. The van der Waals surface area contributed by atoms with Crippen LogP contribution in [-0.2, 0) is 21.5 Å². The molecule has 0 bridgehead atoms. The third kappa shape index (κ3) is 4.78. The lowest BCUT2D eigenvalue weighted by atomic mass is 9.71. The fraction of sp³-hybridized carbons (Fsp3) is 0.520. The standard InChI is InChI=1S/C25H36N2O4/c1-8-25(9-2,18-11-12-21(28)17(6)13-18)19-14-20(27(10-3)15-19)23(29)26-22(16(4)5)24(30)31-7/h11-16,22,28H,8-10H2,1-7H3,(H,26,29)/t22-/m0/s1. The molecule has 1 aromatic carbocycles. The number of ether oxygens (including phenoxy) is 1. The van der Waals surface area contributed by atoms with Gasteiger partial charge in [0.25, 0.3) is 5.91 Å². The van der Waals surface area contributed by atoms with E-state index >= 15 is 0 Å². The van der Waals surface area contributed by atoms with E-state index in [4.69, 9.17) is 4.74 Å². The fourth-order valence-corrected chi connectivity index (χ4v) is 4.25. The van der Waals surface area contributed by atoms with Crippen molar-refractivity contribution in [1.29, 1.82) is 0 Å². The van der Waals surface area contributed by atoms with Crippen LogP contribution in [0.5, 0.6) is 5.75 Å². The Bertz CT molecular complexity index is 926. The number of rotatable bonds is 9. The van der Waals surface area contributed by atoms with Gasteiger partial charge in [0.2, 0.25) is 0 Å². The quantitative estimate of drug-likeness (QED) is 0.574. The van der Waals surface area contributed by atoms with Crippen molar-refractivity contribution in [3.63, 3.8) is 0 Å². The highest BCUT2D eigenvalue weighted by molar-refractivity contribution is 5.96. The van der Waals surface area contributed by atoms with Crippen LogP contribution in [0.4, 0.5) is 0 Å². The Morgan fingerprint density at radius 3 is 2.26 bits per heavy atom. The monoisotopic (exact) mass is 428 g/mol. The second kappa shape index (κ2) is 10.0. The highest BCUT2D eigenvalue weighted by Gasteiger charge is 2.34. The number of esters is 1. The van der Waals surface area contributed by atoms with Crippen LogP contribution >= 0.6 is 0 Å². The van der Waals surface area contributed by atoms with Gasteiger partial charge in [0.1, 0.15) is 17.5 Å². The van der Waals surface area contributed by atoms with Crippen LogP contribution in [0.15, 0.2) is 30.5 Å². The molecule has 1 atom stereocenters. The molecule has 6 heteroatoms. The van der Waals surface area contributed by atoms with Crippen molar-refractivity contribution in [2.75, 3.05) is 7.11 Å². The number of benzene rings is 1. The minimum absolute atomic E-state index is 0.0914. The van der Waals surface area contributed by atoms with E-state index in [1.54, 1.807) is 6.07 Å². The topological polar surface area (TPSA) is 80.6 Å². The highest BCUT2D eigenvalue weighted by Crippen LogP contribution is 2.41.